The minimum Gasteiger partial charge on any atom is -0.491 e. The van der Waals surface area contributed by atoms with Crippen LogP contribution in [0.15, 0.2) is 48.5 Å². The van der Waals surface area contributed by atoms with Crippen LogP contribution in [-0.2, 0) is 17.3 Å². The quantitative estimate of drug-likeness (QED) is 0.561. The zero-order valence-corrected chi connectivity index (χ0v) is 17.5. The summed E-state index contributed by atoms with van der Waals surface area (Å²) in [5, 5.41) is 16.7. The number of ether oxygens (including phenoxy) is 2. The zero-order valence-electron chi connectivity index (χ0n) is 17.5. The molecule has 0 aliphatic carbocycles. The third-order valence-corrected chi connectivity index (χ3v) is 5.16. The molecule has 8 heteroatoms. The molecule has 1 aliphatic rings. The summed E-state index contributed by atoms with van der Waals surface area (Å²) in [6.45, 7) is 4.98. The highest BCUT2D eigenvalue weighted by Gasteiger charge is 2.30. The van der Waals surface area contributed by atoms with E-state index in [1.165, 1.54) is 12.1 Å². The second-order valence-corrected chi connectivity index (χ2v) is 7.80. The number of alkyl halides is 3. The molecule has 2 aromatic rings. The standard InChI is InChI=1S/C23H29F3N2O3/c1-16(28-14-22(29)18-3-2-4-19(12-18)23(24,25)26)11-17-5-7-20(8-6-17)31-15-21-13-27-9-10-30-21/h2-8,12,16,21-22,27-29H,9-11,13-15H2,1H3. The van der Waals surface area contributed by atoms with Gasteiger partial charge in [0.1, 0.15) is 18.5 Å². The highest BCUT2D eigenvalue weighted by Crippen LogP contribution is 2.30. The summed E-state index contributed by atoms with van der Waals surface area (Å²) in [7, 11) is 0. The maximum absolute atomic E-state index is 12.8. The summed E-state index contributed by atoms with van der Waals surface area (Å²) in [6.07, 6.45) is -4.67. The first-order valence-electron chi connectivity index (χ1n) is 10.4. The van der Waals surface area contributed by atoms with Crippen molar-refractivity contribution in [3.05, 3.63) is 65.2 Å². The van der Waals surface area contributed by atoms with Crippen molar-refractivity contribution in [1.29, 1.82) is 0 Å². The van der Waals surface area contributed by atoms with E-state index < -0.39 is 17.8 Å². The Labute approximate surface area is 180 Å². The first-order chi connectivity index (χ1) is 14.8. The minimum atomic E-state index is -4.42. The molecule has 0 radical (unpaired) electrons. The van der Waals surface area contributed by atoms with Crippen molar-refractivity contribution in [3.8, 4) is 5.75 Å². The number of aliphatic hydroxyl groups excluding tert-OH is 1. The van der Waals surface area contributed by atoms with Gasteiger partial charge in [-0.05, 0) is 48.7 Å². The van der Waals surface area contributed by atoms with Gasteiger partial charge < -0.3 is 25.2 Å². The third kappa shape index (κ3) is 7.50. The highest BCUT2D eigenvalue weighted by atomic mass is 19.4. The summed E-state index contributed by atoms with van der Waals surface area (Å²) in [5.74, 6) is 0.776. The van der Waals surface area contributed by atoms with Crippen LogP contribution in [0, 0.1) is 0 Å². The Balaban J connectivity index is 1.43. The molecule has 3 N–H and O–H groups in total. The number of rotatable bonds is 9. The molecule has 0 amide bonds. The van der Waals surface area contributed by atoms with E-state index in [-0.39, 0.29) is 24.3 Å². The molecule has 3 unspecified atom stereocenters. The van der Waals surface area contributed by atoms with Crippen LogP contribution in [0.4, 0.5) is 13.2 Å². The van der Waals surface area contributed by atoms with Crippen molar-refractivity contribution in [1.82, 2.24) is 10.6 Å². The third-order valence-electron chi connectivity index (χ3n) is 5.16. The van der Waals surface area contributed by atoms with Crippen molar-refractivity contribution in [2.45, 2.75) is 37.8 Å². The molecular weight excluding hydrogens is 409 g/mol. The molecule has 2 aromatic carbocycles. The van der Waals surface area contributed by atoms with Crippen molar-refractivity contribution >= 4 is 0 Å². The second-order valence-electron chi connectivity index (χ2n) is 7.80. The lowest BCUT2D eigenvalue weighted by atomic mass is 10.0. The largest absolute Gasteiger partial charge is 0.491 e. The molecule has 0 aromatic heterocycles. The fourth-order valence-corrected chi connectivity index (χ4v) is 3.42. The number of hydrogen-bond donors (Lipinski definition) is 3. The lowest BCUT2D eigenvalue weighted by molar-refractivity contribution is -0.137. The van der Waals surface area contributed by atoms with Gasteiger partial charge in [-0.25, -0.2) is 0 Å². The smallest absolute Gasteiger partial charge is 0.416 e. The first-order valence-corrected chi connectivity index (χ1v) is 10.4. The Morgan fingerprint density at radius 2 is 2.00 bits per heavy atom. The van der Waals surface area contributed by atoms with Gasteiger partial charge in [-0.3, -0.25) is 0 Å². The van der Waals surface area contributed by atoms with E-state index in [1.807, 2.05) is 31.2 Å². The van der Waals surface area contributed by atoms with Crippen molar-refractivity contribution in [2.24, 2.45) is 0 Å². The molecule has 31 heavy (non-hydrogen) atoms. The van der Waals surface area contributed by atoms with Crippen molar-refractivity contribution in [3.63, 3.8) is 0 Å². The predicted molar refractivity (Wildman–Crippen MR) is 112 cm³/mol. The van der Waals surface area contributed by atoms with E-state index in [4.69, 9.17) is 9.47 Å². The average Bonchev–Trinajstić information content (AvgIpc) is 2.77. The molecule has 1 aliphatic heterocycles. The van der Waals surface area contributed by atoms with Crippen LogP contribution in [0.25, 0.3) is 0 Å². The average molecular weight is 438 g/mol. The van der Waals surface area contributed by atoms with E-state index >= 15 is 0 Å². The molecule has 3 atom stereocenters. The van der Waals surface area contributed by atoms with Gasteiger partial charge in [0.15, 0.2) is 0 Å². The summed E-state index contributed by atoms with van der Waals surface area (Å²) in [6, 6.07) is 12.6. The predicted octanol–water partition coefficient (Wildman–Crippen LogP) is 3.33. The van der Waals surface area contributed by atoms with Gasteiger partial charge in [0.2, 0.25) is 0 Å². The lowest BCUT2D eigenvalue weighted by Gasteiger charge is -2.23. The van der Waals surface area contributed by atoms with Gasteiger partial charge in [0.05, 0.1) is 18.3 Å². The fourth-order valence-electron chi connectivity index (χ4n) is 3.42. The van der Waals surface area contributed by atoms with E-state index in [0.29, 0.717) is 19.6 Å². The van der Waals surface area contributed by atoms with Crippen LogP contribution in [0.5, 0.6) is 5.75 Å². The summed E-state index contributed by atoms with van der Waals surface area (Å²) in [5.41, 5.74) is 0.579. The Morgan fingerprint density at radius 3 is 2.68 bits per heavy atom. The van der Waals surface area contributed by atoms with Gasteiger partial charge >= 0.3 is 6.18 Å². The van der Waals surface area contributed by atoms with Crippen molar-refractivity contribution in [2.75, 3.05) is 32.8 Å². The number of halogens is 3. The molecular formula is C23H29F3N2O3. The Hall–Kier alpha value is -2.13. The maximum atomic E-state index is 12.8. The minimum absolute atomic E-state index is 0.0360. The number of hydrogen-bond acceptors (Lipinski definition) is 5. The van der Waals surface area contributed by atoms with Gasteiger partial charge in [-0.2, -0.15) is 13.2 Å². The van der Waals surface area contributed by atoms with Gasteiger partial charge in [0.25, 0.3) is 0 Å². The molecule has 3 rings (SSSR count). The first kappa shape index (κ1) is 23.5. The number of morpholine rings is 1. The van der Waals surface area contributed by atoms with E-state index in [2.05, 4.69) is 10.6 Å². The molecule has 0 bridgehead atoms. The molecule has 170 valence electrons. The van der Waals surface area contributed by atoms with Crippen LogP contribution in [-0.4, -0.2) is 50.1 Å². The molecule has 1 heterocycles. The highest BCUT2D eigenvalue weighted by molar-refractivity contribution is 5.28. The van der Waals surface area contributed by atoms with E-state index in [0.717, 1.165) is 36.5 Å². The molecule has 0 saturated carbocycles. The Morgan fingerprint density at radius 1 is 1.23 bits per heavy atom. The zero-order chi connectivity index (χ0) is 22.3. The fraction of sp³-hybridized carbons (Fsp3) is 0.478. The van der Waals surface area contributed by atoms with Crippen LogP contribution >= 0.6 is 0 Å². The summed E-state index contributed by atoms with van der Waals surface area (Å²) < 4.78 is 49.9. The van der Waals surface area contributed by atoms with Crippen LogP contribution in [0.2, 0.25) is 0 Å². The second kappa shape index (κ2) is 10.9. The molecule has 5 nitrogen and oxygen atoms in total. The Bertz CT molecular complexity index is 808. The Kier molecular flexibility index (Phi) is 8.31. The number of aliphatic hydroxyl groups is 1. The molecule has 1 fully saturated rings. The summed E-state index contributed by atoms with van der Waals surface area (Å²) in [4.78, 5) is 0. The maximum Gasteiger partial charge on any atom is 0.416 e. The SMILES string of the molecule is CC(Cc1ccc(OCC2CNCCO2)cc1)NCC(O)c1cccc(C(F)(F)F)c1. The topological polar surface area (TPSA) is 62.8 Å². The van der Waals surface area contributed by atoms with Crippen LogP contribution < -0.4 is 15.4 Å². The molecule has 0 spiro atoms. The number of benzene rings is 2. The monoisotopic (exact) mass is 438 g/mol. The van der Waals surface area contributed by atoms with E-state index in [9.17, 15) is 18.3 Å². The van der Waals surface area contributed by atoms with Crippen LogP contribution in [0.3, 0.4) is 0 Å². The van der Waals surface area contributed by atoms with Crippen molar-refractivity contribution < 1.29 is 27.8 Å². The van der Waals surface area contributed by atoms with E-state index in [1.54, 1.807) is 0 Å². The van der Waals surface area contributed by atoms with Gasteiger partial charge in [-0.1, -0.05) is 24.3 Å². The molecule has 1 saturated heterocycles. The van der Waals surface area contributed by atoms with Crippen LogP contribution in [0.1, 0.15) is 29.7 Å². The lowest BCUT2D eigenvalue weighted by Crippen LogP contribution is -2.41. The van der Waals surface area contributed by atoms with Gasteiger partial charge in [-0.15, -0.1) is 0 Å². The van der Waals surface area contributed by atoms with Gasteiger partial charge in [0, 0.05) is 25.7 Å². The normalized spacial score (nSPS) is 19.1. The number of nitrogens with one attached hydrogen (secondary N) is 2. The summed E-state index contributed by atoms with van der Waals surface area (Å²) >= 11 is 0.